The summed E-state index contributed by atoms with van der Waals surface area (Å²) in [6.07, 6.45) is -1.19. The van der Waals surface area contributed by atoms with Crippen LogP contribution in [0, 0.1) is 0 Å². The normalized spacial score (nSPS) is 21.0. The molecule has 1 spiro atoms. The number of rotatable bonds is 0. The third-order valence-electron chi connectivity index (χ3n) is 15.7. The average molecular weight is 803 g/mol. The van der Waals surface area contributed by atoms with Gasteiger partial charge in [0.2, 0.25) is 0 Å². The van der Waals surface area contributed by atoms with Crippen LogP contribution in [0.1, 0.15) is 109 Å². The van der Waals surface area contributed by atoms with E-state index in [0.29, 0.717) is 0 Å². The van der Waals surface area contributed by atoms with Crippen molar-refractivity contribution in [3.05, 3.63) is 225 Å². The van der Waals surface area contributed by atoms with E-state index in [0.717, 1.165) is 22.3 Å². The van der Waals surface area contributed by atoms with Crippen LogP contribution < -0.4 is 0 Å². The van der Waals surface area contributed by atoms with Gasteiger partial charge in [-0.3, -0.25) is 0 Å². The molecular weight excluding hydrogens is 753 g/mol. The van der Waals surface area contributed by atoms with Gasteiger partial charge < -0.3 is 10.2 Å². The first-order valence-corrected chi connectivity index (χ1v) is 22.2. The van der Waals surface area contributed by atoms with E-state index in [-0.39, 0.29) is 16.2 Å². The second-order valence-electron chi connectivity index (χ2n) is 19.8. The first kappa shape index (κ1) is 37.4. The molecule has 2 nitrogen and oxygen atoms in total. The van der Waals surface area contributed by atoms with Crippen LogP contribution in [0.5, 0.6) is 0 Å². The summed E-state index contributed by atoms with van der Waals surface area (Å²) in [5, 5.41) is 23.6. The van der Waals surface area contributed by atoms with Gasteiger partial charge in [-0.05, 0) is 136 Å². The summed E-state index contributed by atoms with van der Waals surface area (Å²) in [7, 11) is 0. The van der Waals surface area contributed by atoms with E-state index >= 15 is 0 Å². The zero-order chi connectivity index (χ0) is 42.5. The predicted octanol–water partition coefficient (Wildman–Crippen LogP) is 14.0. The molecule has 8 aromatic carbocycles. The van der Waals surface area contributed by atoms with Gasteiger partial charge in [-0.15, -0.1) is 0 Å². The van der Waals surface area contributed by atoms with Crippen molar-refractivity contribution in [1.29, 1.82) is 0 Å². The second-order valence-corrected chi connectivity index (χ2v) is 19.8. The number of fused-ring (bicyclic) bond motifs is 18. The Labute approximate surface area is 365 Å². The lowest BCUT2D eigenvalue weighted by Gasteiger charge is -2.43. The van der Waals surface area contributed by atoms with E-state index in [1.807, 2.05) is 24.3 Å². The highest BCUT2D eigenvalue weighted by molar-refractivity contribution is 5.95. The summed E-state index contributed by atoms with van der Waals surface area (Å²) >= 11 is 0. The van der Waals surface area contributed by atoms with E-state index in [2.05, 4.69) is 187 Å². The summed E-state index contributed by atoms with van der Waals surface area (Å²) in [5.74, 6) is 0. The van der Waals surface area contributed by atoms with Gasteiger partial charge in [-0.2, -0.15) is 0 Å². The van der Waals surface area contributed by atoms with Crippen molar-refractivity contribution in [1.82, 2.24) is 0 Å². The van der Waals surface area contributed by atoms with Gasteiger partial charge in [-0.1, -0.05) is 187 Å². The molecule has 0 fully saturated rings. The fraction of sp³-hybridized carbons (Fsp3) is 0.200. The summed E-state index contributed by atoms with van der Waals surface area (Å²) in [4.78, 5) is 0. The van der Waals surface area contributed by atoms with Gasteiger partial charge in [0.05, 0.1) is 17.6 Å². The van der Waals surface area contributed by atoms with Crippen LogP contribution in [-0.2, 0) is 21.7 Å². The molecule has 3 atom stereocenters. The number of hydrogen-bond donors (Lipinski definition) is 2. The van der Waals surface area contributed by atoms with Gasteiger partial charge in [0.15, 0.2) is 0 Å². The quantitative estimate of drug-likeness (QED) is 0.160. The molecule has 2 heteroatoms. The molecule has 13 rings (SSSR count). The zero-order valence-corrected chi connectivity index (χ0v) is 36.2. The van der Waals surface area contributed by atoms with Crippen LogP contribution in [0.4, 0.5) is 0 Å². The van der Waals surface area contributed by atoms with E-state index in [9.17, 15) is 10.2 Å². The first-order chi connectivity index (χ1) is 29.9. The van der Waals surface area contributed by atoms with Crippen LogP contribution in [-0.4, -0.2) is 10.2 Å². The van der Waals surface area contributed by atoms with Crippen molar-refractivity contribution in [2.45, 2.75) is 75.4 Å². The number of hydrogen-bond acceptors (Lipinski definition) is 2. The maximum absolute atomic E-state index is 13.1. The maximum atomic E-state index is 13.1. The van der Waals surface area contributed by atoms with Crippen molar-refractivity contribution in [2.75, 3.05) is 0 Å². The molecule has 8 aromatic rings. The summed E-state index contributed by atoms with van der Waals surface area (Å²) < 4.78 is 0. The van der Waals surface area contributed by atoms with E-state index in [1.165, 1.54) is 89.0 Å². The van der Waals surface area contributed by atoms with Crippen molar-refractivity contribution >= 4 is 0 Å². The maximum Gasteiger partial charge on any atom is 0.0975 e. The minimum absolute atomic E-state index is 0.0951. The number of aliphatic hydroxyl groups is 2. The largest absolute Gasteiger partial charge is 0.387 e. The third kappa shape index (κ3) is 4.61. The van der Waals surface area contributed by atoms with Crippen LogP contribution in [0.25, 0.3) is 55.6 Å². The Kier molecular flexibility index (Phi) is 7.63. The molecule has 0 saturated heterocycles. The minimum atomic E-state index is -0.756. The van der Waals surface area contributed by atoms with Crippen LogP contribution >= 0.6 is 0 Å². The Morgan fingerprint density at radius 2 is 0.645 bits per heavy atom. The van der Waals surface area contributed by atoms with Crippen molar-refractivity contribution in [3.8, 4) is 55.6 Å². The van der Waals surface area contributed by atoms with E-state index in [1.54, 1.807) is 0 Å². The van der Waals surface area contributed by atoms with E-state index in [4.69, 9.17) is 0 Å². The molecule has 62 heavy (non-hydrogen) atoms. The molecule has 0 radical (unpaired) electrons. The molecule has 0 amide bonds. The Hall–Kier alpha value is -6.32. The molecular formula is C60H50O2. The Bertz CT molecular complexity index is 3210. The molecule has 5 aliphatic rings. The van der Waals surface area contributed by atoms with Crippen molar-refractivity contribution in [2.24, 2.45) is 0 Å². The molecule has 302 valence electrons. The Balaban J connectivity index is 0.000000202. The van der Waals surface area contributed by atoms with E-state index < -0.39 is 17.6 Å². The third-order valence-corrected chi connectivity index (χ3v) is 15.7. The van der Waals surface area contributed by atoms with Crippen molar-refractivity contribution < 1.29 is 10.2 Å². The van der Waals surface area contributed by atoms with Gasteiger partial charge in [-0.25, -0.2) is 0 Å². The molecule has 0 bridgehead atoms. The number of benzene rings is 8. The van der Waals surface area contributed by atoms with Gasteiger partial charge >= 0.3 is 0 Å². The first-order valence-electron chi connectivity index (χ1n) is 22.2. The standard InChI is InChI=1S/C44H34O.C16H16O/c1-42(2)34-17-9-5-14-26(34)30-21-33-29(22-38(30)42)25-13-7-11-19-36(25)44(41(33)45)37-20-12-8-16-28(37)32-23-39-31(24-40(32)44)27-15-6-10-18-35(27)43(39,3)4;1-16(2)14-10-6-5-8-12(14)11-7-3-4-9-13(11)15(16)17/h5-24,41,45H,1-4H3;3-10,15,17H,1-2H3. The van der Waals surface area contributed by atoms with Gasteiger partial charge in [0, 0.05) is 16.2 Å². The monoisotopic (exact) mass is 802 g/mol. The second kappa shape index (κ2) is 12.6. The van der Waals surface area contributed by atoms with Gasteiger partial charge in [0.25, 0.3) is 0 Å². The van der Waals surface area contributed by atoms with Crippen LogP contribution in [0.15, 0.2) is 170 Å². The van der Waals surface area contributed by atoms with Crippen LogP contribution in [0.3, 0.4) is 0 Å². The Morgan fingerprint density at radius 1 is 0.290 bits per heavy atom. The lowest BCUT2D eigenvalue weighted by Crippen LogP contribution is -2.38. The zero-order valence-electron chi connectivity index (χ0n) is 36.2. The van der Waals surface area contributed by atoms with Gasteiger partial charge in [0.1, 0.15) is 0 Å². The molecule has 5 aliphatic carbocycles. The summed E-state index contributed by atoms with van der Waals surface area (Å²) in [6.45, 7) is 13.6. The number of aliphatic hydroxyl groups excluding tert-OH is 2. The highest BCUT2D eigenvalue weighted by atomic mass is 16.3. The molecule has 0 heterocycles. The molecule has 0 aliphatic heterocycles. The lowest BCUT2D eigenvalue weighted by molar-refractivity contribution is 0.0986. The predicted molar refractivity (Wildman–Crippen MR) is 254 cm³/mol. The fourth-order valence-electron chi connectivity index (χ4n) is 12.6. The minimum Gasteiger partial charge on any atom is -0.387 e. The summed E-state index contributed by atoms with van der Waals surface area (Å²) in [6, 6.07) is 61.4. The lowest BCUT2D eigenvalue weighted by atomic mass is 9.60. The fourth-order valence-corrected chi connectivity index (χ4v) is 12.6. The molecule has 0 aromatic heterocycles. The molecule has 3 unspecified atom stereocenters. The SMILES string of the molecule is CC1(C)c2ccccc2-c2cc3c(cc21)-c1ccccc1C1(c2ccccc2-c2cc4c(cc21)-c1ccccc1C4(C)C)C3O.CC1(C)c2ccccc2-c2ccccc2C1O. The Morgan fingerprint density at radius 3 is 1.19 bits per heavy atom. The smallest absolute Gasteiger partial charge is 0.0975 e. The highest BCUT2D eigenvalue weighted by Gasteiger charge is 2.55. The average Bonchev–Trinajstić information content (AvgIpc) is 3.81. The summed E-state index contributed by atoms with van der Waals surface area (Å²) in [5.41, 5.74) is 23.5. The highest BCUT2D eigenvalue weighted by Crippen LogP contribution is 2.66. The van der Waals surface area contributed by atoms with Crippen LogP contribution in [0.2, 0.25) is 0 Å². The topological polar surface area (TPSA) is 40.5 Å². The van der Waals surface area contributed by atoms with Crippen molar-refractivity contribution in [3.63, 3.8) is 0 Å². The molecule has 2 N–H and O–H groups in total. The molecule has 0 saturated carbocycles.